The van der Waals surface area contributed by atoms with Gasteiger partial charge in [0.2, 0.25) is 5.91 Å². The van der Waals surface area contributed by atoms with Crippen LogP contribution in [0.4, 0.5) is 5.69 Å². The van der Waals surface area contributed by atoms with E-state index in [-0.39, 0.29) is 41.7 Å². The molecule has 13 nitrogen and oxygen atoms in total. The maximum atomic E-state index is 13.5. The van der Waals surface area contributed by atoms with E-state index in [1.165, 1.54) is 17.5 Å². The highest BCUT2D eigenvalue weighted by Gasteiger charge is 2.41. The normalized spacial score (nSPS) is 18.1. The molecular weight excluding hydrogens is 749 g/mol. The summed E-state index contributed by atoms with van der Waals surface area (Å²) in [7, 11) is 0. The predicted octanol–water partition coefficient (Wildman–Crippen LogP) is 5.04. The number of piperidine rings is 1. The van der Waals surface area contributed by atoms with E-state index in [2.05, 4.69) is 50.8 Å². The third kappa shape index (κ3) is 11.2. The molecule has 4 aliphatic rings. The number of nitriles is 1. The van der Waals surface area contributed by atoms with Crippen LogP contribution in [0.2, 0.25) is 0 Å². The molecule has 0 bridgehead atoms. The first-order valence-electron chi connectivity index (χ1n) is 21.4. The minimum Gasteiger partial charge on any atom is -0.506 e. The molecule has 3 amide bonds. The molecule has 0 radical (unpaired) electrons. The Hall–Kier alpha value is -5.00. The van der Waals surface area contributed by atoms with Crippen molar-refractivity contribution < 1.29 is 33.7 Å². The number of hydrogen-bond acceptors (Lipinski definition) is 10. The number of benzene rings is 3. The first kappa shape index (κ1) is 42.1. The van der Waals surface area contributed by atoms with E-state index < -0.39 is 0 Å². The summed E-state index contributed by atoms with van der Waals surface area (Å²) in [6.45, 7) is 7.19. The SMILES string of the molecule is N#Cc1ccc(C(=O)N2CCOC3(CCN(Cc4cccc(CCOCCC(=O)N(CCNCCc5ccc(O)c6c5OCC(=O)N6)C5CCCCC5)c4)CC3)C2)cc1. The zero-order valence-corrected chi connectivity index (χ0v) is 34.1. The van der Waals surface area contributed by atoms with Crippen LogP contribution in [0.15, 0.2) is 60.7 Å². The molecule has 3 heterocycles. The summed E-state index contributed by atoms with van der Waals surface area (Å²) in [4.78, 5) is 45.0. The second-order valence-corrected chi connectivity index (χ2v) is 16.3. The van der Waals surface area contributed by atoms with E-state index in [0.717, 1.165) is 70.1 Å². The van der Waals surface area contributed by atoms with Gasteiger partial charge in [-0.05, 0) is 92.1 Å². The van der Waals surface area contributed by atoms with Crippen molar-refractivity contribution in [1.29, 1.82) is 5.26 Å². The average Bonchev–Trinajstić information content (AvgIpc) is 3.26. The van der Waals surface area contributed by atoms with Crippen molar-refractivity contribution in [1.82, 2.24) is 20.0 Å². The standard InChI is InChI=1S/C46H58N6O7/c47-30-35-9-11-38(12-10-35)45(56)51-25-28-59-46(33-51)18-22-50(23-19-46)31-36-6-4-5-34(29-36)16-26-57-27-17-42(55)52(39-7-2-1-3-8-39)24-21-48-20-15-37-13-14-40(53)43-44(37)58-32-41(54)49-43/h4-6,9-14,29,39,48,53H,1-3,7-8,15-28,31-33H2,(H,49,54). The number of amides is 3. The van der Waals surface area contributed by atoms with E-state index >= 15 is 0 Å². The van der Waals surface area contributed by atoms with Crippen LogP contribution < -0.4 is 15.4 Å². The maximum absolute atomic E-state index is 13.5. The van der Waals surface area contributed by atoms with Gasteiger partial charge in [0.1, 0.15) is 11.4 Å². The molecule has 1 saturated carbocycles. The summed E-state index contributed by atoms with van der Waals surface area (Å²) < 4.78 is 18.0. The number of rotatable bonds is 16. The van der Waals surface area contributed by atoms with Crippen LogP contribution in [0.25, 0.3) is 0 Å². The van der Waals surface area contributed by atoms with E-state index in [9.17, 15) is 19.5 Å². The van der Waals surface area contributed by atoms with Crippen LogP contribution in [0.1, 0.15) is 84.0 Å². The van der Waals surface area contributed by atoms with Gasteiger partial charge in [-0.2, -0.15) is 5.26 Å². The average molecular weight is 807 g/mol. The zero-order chi connectivity index (χ0) is 41.0. The Labute approximate surface area is 347 Å². The molecule has 314 valence electrons. The van der Waals surface area contributed by atoms with Gasteiger partial charge in [0.15, 0.2) is 12.4 Å². The Morgan fingerprint density at radius 3 is 2.58 bits per heavy atom. The zero-order valence-electron chi connectivity index (χ0n) is 34.1. The van der Waals surface area contributed by atoms with Gasteiger partial charge in [0.25, 0.3) is 11.8 Å². The Balaban J connectivity index is 0.811. The lowest BCUT2D eigenvalue weighted by molar-refractivity contribution is -0.135. The summed E-state index contributed by atoms with van der Waals surface area (Å²) >= 11 is 0. The van der Waals surface area contributed by atoms with Crippen LogP contribution >= 0.6 is 0 Å². The highest BCUT2D eigenvalue weighted by Crippen LogP contribution is 2.39. The van der Waals surface area contributed by atoms with Crippen molar-refractivity contribution in [3.05, 3.63) is 88.5 Å². The van der Waals surface area contributed by atoms with Crippen molar-refractivity contribution in [3.63, 3.8) is 0 Å². The van der Waals surface area contributed by atoms with Gasteiger partial charge in [-0.1, -0.05) is 49.6 Å². The fourth-order valence-electron chi connectivity index (χ4n) is 8.91. The summed E-state index contributed by atoms with van der Waals surface area (Å²) in [5, 5.41) is 25.4. The van der Waals surface area contributed by atoms with Gasteiger partial charge < -0.3 is 39.8 Å². The molecule has 0 atom stereocenters. The van der Waals surface area contributed by atoms with Gasteiger partial charge in [0, 0.05) is 50.9 Å². The molecule has 0 unspecified atom stereocenters. The number of hydrogen-bond donors (Lipinski definition) is 3. The number of phenolic OH excluding ortho intramolecular Hbond substituents is 1. The Bertz CT molecular complexity index is 1950. The van der Waals surface area contributed by atoms with E-state index in [1.54, 1.807) is 30.3 Å². The van der Waals surface area contributed by atoms with Gasteiger partial charge in [-0.15, -0.1) is 0 Å². The molecule has 3 aliphatic heterocycles. The summed E-state index contributed by atoms with van der Waals surface area (Å²) in [6.07, 6.45) is 9.13. The van der Waals surface area contributed by atoms with Crippen molar-refractivity contribution in [2.24, 2.45) is 0 Å². The number of nitrogens with zero attached hydrogens (tertiary/aromatic N) is 4. The fourth-order valence-corrected chi connectivity index (χ4v) is 8.91. The quantitative estimate of drug-likeness (QED) is 0.132. The summed E-state index contributed by atoms with van der Waals surface area (Å²) in [5.74, 6) is 0.364. The Morgan fingerprint density at radius 1 is 0.983 bits per heavy atom. The summed E-state index contributed by atoms with van der Waals surface area (Å²) in [6, 6.07) is 21.3. The molecule has 13 heteroatoms. The molecule has 7 rings (SSSR count). The number of aromatic hydroxyl groups is 1. The highest BCUT2D eigenvalue weighted by atomic mass is 16.5. The number of phenols is 1. The van der Waals surface area contributed by atoms with E-state index in [0.29, 0.717) is 87.9 Å². The maximum Gasteiger partial charge on any atom is 0.262 e. The van der Waals surface area contributed by atoms with Crippen molar-refractivity contribution >= 4 is 23.4 Å². The number of carbonyl (C=O) groups is 3. The van der Waals surface area contributed by atoms with Gasteiger partial charge in [-0.3, -0.25) is 19.3 Å². The lowest BCUT2D eigenvalue weighted by atomic mass is 9.88. The van der Waals surface area contributed by atoms with Gasteiger partial charge in [0.05, 0.1) is 50.0 Å². The molecule has 59 heavy (non-hydrogen) atoms. The lowest BCUT2D eigenvalue weighted by Gasteiger charge is -2.47. The number of carbonyl (C=O) groups excluding carboxylic acids is 3. The lowest BCUT2D eigenvalue weighted by Crippen LogP contribution is -2.57. The molecule has 0 aromatic heterocycles. The molecule has 1 spiro atoms. The van der Waals surface area contributed by atoms with Crippen molar-refractivity contribution in [2.45, 2.75) is 82.4 Å². The minimum atomic E-state index is -0.323. The van der Waals surface area contributed by atoms with Crippen molar-refractivity contribution in [2.75, 3.05) is 77.6 Å². The number of likely N-dealkylation sites (tertiary alicyclic amines) is 1. The molecule has 3 aromatic rings. The number of anilines is 1. The van der Waals surface area contributed by atoms with E-state index in [1.807, 2.05) is 11.0 Å². The number of fused-ring (bicyclic) bond motifs is 1. The molecule has 2 saturated heterocycles. The second-order valence-electron chi connectivity index (χ2n) is 16.3. The molecular formula is C46H58N6O7. The molecule has 1 aliphatic carbocycles. The first-order chi connectivity index (χ1) is 28.8. The topological polar surface area (TPSA) is 157 Å². The van der Waals surface area contributed by atoms with Crippen LogP contribution in [0, 0.1) is 11.3 Å². The predicted molar refractivity (Wildman–Crippen MR) is 223 cm³/mol. The highest BCUT2D eigenvalue weighted by molar-refractivity contribution is 5.97. The molecule has 3 aromatic carbocycles. The smallest absolute Gasteiger partial charge is 0.262 e. The van der Waals surface area contributed by atoms with Gasteiger partial charge in [-0.25, -0.2) is 0 Å². The van der Waals surface area contributed by atoms with Crippen molar-refractivity contribution in [3.8, 4) is 17.6 Å². The molecule has 3 N–H and O–H groups in total. The minimum absolute atomic E-state index is 0.00783. The second kappa shape index (κ2) is 20.3. The fraction of sp³-hybridized carbons (Fsp3) is 0.522. The third-order valence-corrected chi connectivity index (χ3v) is 12.2. The number of morpholine rings is 1. The first-order valence-corrected chi connectivity index (χ1v) is 21.4. The largest absolute Gasteiger partial charge is 0.506 e. The number of ether oxygens (including phenoxy) is 3. The Kier molecular flexibility index (Phi) is 14.5. The van der Waals surface area contributed by atoms with Crippen LogP contribution in [-0.2, 0) is 38.4 Å². The van der Waals surface area contributed by atoms with Crippen LogP contribution in [0.5, 0.6) is 11.5 Å². The van der Waals surface area contributed by atoms with Crippen LogP contribution in [0.3, 0.4) is 0 Å². The van der Waals surface area contributed by atoms with Crippen LogP contribution in [-0.4, -0.2) is 121 Å². The number of nitrogens with one attached hydrogen (secondary N) is 2. The summed E-state index contributed by atoms with van der Waals surface area (Å²) in [5.41, 5.74) is 4.54. The van der Waals surface area contributed by atoms with Gasteiger partial charge >= 0.3 is 0 Å². The Morgan fingerprint density at radius 2 is 1.78 bits per heavy atom. The third-order valence-electron chi connectivity index (χ3n) is 12.2. The van der Waals surface area contributed by atoms with E-state index in [4.69, 9.17) is 19.5 Å². The molecule has 3 fully saturated rings. The monoisotopic (exact) mass is 806 g/mol.